The molecule has 114 valence electrons. The molecule has 0 unspecified atom stereocenters. The number of aryl methyl sites for hydroxylation is 2. The lowest BCUT2D eigenvalue weighted by Gasteiger charge is -2.15. The number of carbonyl (C=O) groups is 2. The van der Waals surface area contributed by atoms with Crippen LogP contribution in [-0.4, -0.2) is 59.5 Å². The van der Waals surface area contributed by atoms with Crippen LogP contribution >= 0.6 is 0 Å². The lowest BCUT2D eigenvalue weighted by molar-refractivity contribution is -0.145. The largest absolute Gasteiger partial charge is 0.468 e. The van der Waals surface area contributed by atoms with Crippen LogP contribution in [-0.2, 0) is 9.53 Å². The van der Waals surface area contributed by atoms with Gasteiger partial charge in [0, 0.05) is 18.3 Å². The van der Waals surface area contributed by atoms with E-state index < -0.39 is 0 Å². The first-order valence-corrected chi connectivity index (χ1v) is 6.82. The van der Waals surface area contributed by atoms with E-state index in [1.807, 2.05) is 18.9 Å². The molecule has 1 amide bonds. The number of nitrogens with zero attached hydrogens (tertiary/aromatic N) is 3. The van der Waals surface area contributed by atoms with Gasteiger partial charge in [0.05, 0.1) is 7.11 Å². The topological polar surface area (TPSA) is 84.4 Å². The minimum absolute atomic E-state index is 0.0952. The second-order valence-corrected chi connectivity index (χ2v) is 5.33. The fraction of sp³-hybridized carbons (Fsp3) is 0.571. The Morgan fingerprint density at radius 1 is 1.38 bits per heavy atom. The molecule has 0 saturated carbocycles. The van der Waals surface area contributed by atoms with E-state index in [-0.39, 0.29) is 24.0 Å². The van der Waals surface area contributed by atoms with Crippen LogP contribution < -0.4 is 5.32 Å². The molecule has 1 aromatic rings. The second-order valence-electron chi connectivity index (χ2n) is 5.33. The standard InChI is InChI=1S/C14H20N4O3/c1-8-5-11(16-9(2)15-8)13(19)17-10-6-12(14(20)21-4)18(3)7-10/h5,10,12H,6-7H2,1-4H3,(H,17,19)/t10-,12+/m1/s1. The Balaban J connectivity index is 2.02. The van der Waals surface area contributed by atoms with Crippen molar-refractivity contribution >= 4 is 11.9 Å². The third-order valence-electron chi connectivity index (χ3n) is 3.56. The molecule has 1 aliphatic rings. The van der Waals surface area contributed by atoms with Gasteiger partial charge in [-0.05, 0) is 33.4 Å². The van der Waals surface area contributed by atoms with Crippen molar-refractivity contribution in [1.82, 2.24) is 20.2 Å². The maximum absolute atomic E-state index is 12.2. The average Bonchev–Trinajstić information content (AvgIpc) is 2.77. The van der Waals surface area contributed by atoms with Gasteiger partial charge in [0.15, 0.2) is 0 Å². The van der Waals surface area contributed by atoms with Crippen LogP contribution in [0.5, 0.6) is 0 Å². The maximum atomic E-state index is 12.2. The molecule has 1 aliphatic heterocycles. The third kappa shape index (κ3) is 3.55. The Hall–Kier alpha value is -2.02. The van der Waals surface area contributed by atoms with Gasteiger partial charge in [-0.1, -0.05) is 0 Å². The molecule has 2 heterocycles. The van der Waals surface area contributed by atoms with Crippen molar-refractivity contribution in [3.05, 3.63) is 23.3 Å². The highest BCUT2D eigenvalue weighted by atomic mass is 16.5. The molecule has 2 atom stereocenters. The Bertz CT molecular complexity index is 541. The summed E-state index contributed by atoms with van der Waals surface area (Å²) in [6.45, 7) is 4.18. The Morgan fingerprint density at radius 3 is 2.71 bits per heavy atom. The number of carbonyl (C=O) groups excluding carboxylic acids is 2. The van der Waals surface area contributed by atoms with E-state index in [2.05, 4.69) is 15.3 Å². The van der Waals surface area contributed by atoms with E-state index in [1.54, 1.807) is 13.0 Å². The van der Waals surface area contributed by atoms with Crippen molar-refractivity contribution in [2.45, 2.75) is 32.4 Å². The van der Waals surface area contributed by atoms with Crippen LogP contribution in [0.25, 0.3) is 0 Å². The summed E-state index contributed by atoms with van der Waals surface area (Å²) in [7, 11) is 3.21. The van der Waals surface area contributed by atoms with Gasteiger partial charge in [0.25, 0.3) is 5.91 Å². The zero-order valence-electron chi connectivity index (χ0n) is 12.7. The molecule has 1 saturated heterocycles. The predicted octanol–water partition coefficient (Wildman–Crippen LogP) is 0.0689. The summed E-state index contributed by atoms with van der Waals surface area (Å²) < 4.78 is 4.76. The zero-order valence-corrected chi connectivity index (χ0v) is 12.7. The minimum atomic E-state index is -0.311. The fourth-order valence-electron chi connectivity index (χ4n) is 2.61. The molecule has 1 fully saturated rings. The van der Waals surface area contributed by atoms with Crippen molar-refractivity contribution in [3.63, 3.8) is 0 Å². The van der Waals surface area contributed by atoms with E-state index in [0.29, 0.717) is 24.5 Å². The van der Waals surface area contributed by atoms with Crippen LogP contribution in [0.2, 0.25) is 0 Å². The summed E-state index contributed by atoms with van der Waals surface area (Å²) in [4.78, 5) is 34.0. The molecule has 21 heavy (non-hydrogen) atoms. The molecule has 2 rings (SSSR count). The summed E-state index contributed by atoms with van der Waals surface area (Å²) >= 11 is 0. The highest BCUT2D eigenvalue weighted by Gasteiger charge is 2.36. The van der Waals surface area contributed by atoms with Gasteiger partial charge in [-0.15, -0.1) is 0 Å². The number of aromatic nitrogens is 2. The number of hydrogen-bond donors (Lipinski definition) is 1. The molecule has 1 aromatic heterocycles. The molecule has 7 heteroatoms. The number of nitrogens with one attached hydrogen (secondary N) is 1. The number of likely N-dealkylation sites (tertiary alicyclic amines) is 1. The van der Waals surface area contributed by atoms with Gasteiger partial charge < -0.3 is 10.1 Å². The van der Waals surface area contributed by atoms with Crippen molar-refractivity contribution in [1.29, 1.82) is 0 Å². The first kappa shape index (κ1) is 15.4. The van der Waals surface area contributed by atoms with E-state index in [1.165, 1.54) is 7.11 Å². The number of rotatable bonds is 3. The Labute approximate surface area is 123 Å². The minimum Gasteiger partial charge on any atom is -0.468 e. The van der Waals surface area contributed by atoms with Crippen molar-refractivity contribution in [2.24, 2.45) is 0 Å². The molecule has 0 aliphatic carbocycles. The van der Waals surface area contributed by atoms with Crippen LogP contribution in [0.3, 0.4) is 0 Å². The molecule has 0 radical (unpaired) electrons. The van der Waals surface area contributed by atoms with E-state index in [0.717, 1.165) is 5.69 Å². The summed E-state index contributed by atoms with van der Waals surface area (Å²) in [5.41, 5.74) is 1.10. The SMILES string of the molecule is COC(=O)[C@@H]1C[C@@H](NC(=O)c2cc(C)nc(C)n2)CN1C. The number of likely N-dealkylation sites (N-methyl/N-ethyl adjacent to an activating group) is 1. The third-order valence-corrected chi connectivity index (χ3v) is 3.56. The summed E-state index contributed by atoms with van der Waals surface area (Å²) in [5.74, 6) is 0.0478. The average molecular weight is 292 g/mol. The highest BCUT2D eigenvalue weighted by Crippen LogP contribution is 2.17. The number of hydrogen-bond acceptors (Lipinski definition) is 6. The van der Waals surface area contributed by atoms with Crippen LogP contribution in [0.1, 0.15) is 28.4 Å². The Kier molecular flexibility index (Phi) is 4.52. The predicted molar refractivity (Wildman–Crippen MR) is 75.8 cm³/mol. The second kappa shape index (κ2) is 6.17. The quantitative estimate of drug-likeness (QED) is 0.794. The molecule has 7 nitrogen and oxygen atoms in total. The normalized spacial score (nSPS) is 22.1. The van der Waals surface area contributed by atoms with Gasteiger partial charge in [-0.2, -0.15) is 0 Å². The summed E-state index contributed by atoms with van der Waals surface area (Å²) in [6.07, 6.45) is 0.540. The van der Waals surface area contributed by atoms with Gasteiger partial charge in [0.1, 0.15) is 17.6 Å². The summed E-state index contributed by atoms with van der Waals surface area (Å²) in [6, 6.07) is 1.25. The van der Waals surface area contributed by atoms with Crippen LogP contribution in [0, 0.1) is 13.8 Å². The molecule has 0 bridgehead atoms. The smallest absolute Gasteiger partial charge is 0.323 e. The van der Waals surface area contributed by atoms with E-state index >= 15 is 0 Å². The fourth-order valence-corrected chi connectivity index (χ4v) is 2.61. The van der Waals surface area contributed by atoms with Gasteiger partial charge in [-0.3, -0.25) is 14.5 Å². The molecule has 0 spiro atoms. The van der Waals surface area contributed by atoms with Gasteiger partial charge in [0.2, 0.25) is 0 Å². The Morgan fingerprint density at radius 2 is 2.10 bits per heavy atom. The molecule has 0 aromatic carbocycles. The summed E-state index contributed by atoms with van der Waals surface area (Å²) in [5, 5.41) is 2.91. The van der Waals surface area contributed by atoms with Gasteiger partial charge in [-0.25, -0.2) is 9.97 Å². The number of ether oxygens (including phenoxy) is 1. The number of esters is 1. The first-order valence-electron chi connectivity index (χ1n) is 6.82. The highest BCUT2D eigenvalue weighted by molar-refractivity contribution is 5.92. The number of methoxy groups -OCH3 is 1. The molecular weight excluding hydrogens is 272 g/mol. The molecule has 1 N–H and O–H groups in total. The van der Waals surface area contributed by atoms with E-state index in [9.17, 15) is 9.59 Å². The number of amides is 1. The van der Waals surface area contributed by atoms with Crippen LogP contribution in [0.15, 0.2) is 6.07 Å². The van der Waals surface area contributed by atoms with Crippen molar-refractivity contribution in [3.8, 4) is 0 Å². The van der Waals surface area contributed by atoms with Gasteiger partial charge >= 0.3 is 5.97 Å². The monoisotopic (exact) mass is 292 g/mol. The maximum Gasteiger partial charge on any atom is 0.323 e. The van der Waals surface area contributed by atoms with Crippen molar-refractivity contribution < 1.29 is 14.3 Å². The lowest BCUT2D eigenvalue weighted by atomic mass is 10.1. The van der Waals surface area contributed by atoms with Crippen molar-refractivity contribution in [2.75, 3.05) is 20.7 Å². The molecular formula is C14H20N4O3. The lowest BCUT2D eigenvalue weighted by Crippen LogP contribution is -2.37. The first-order chi connectivity index (χ1) is 9.90. The van der Waals surface area contributed by atoms with E-state index in [4.69, 9.17) is 4.74 Å². The zero-order chi connectivity index (χ0) is 15.6. The van der Waals surface area contributed by atoms with Crippen LogP contribution in [0.4, 0.5) is 0 Å².